The van der Waals surface area contributed by atoms with Crippen LogP contribution in [0.3, 0.4) is 0 Å². The van der Waals surface area contributed by atoms with E-state index in [1.54, 1.807) is 18.2 Å². The van der Waals surface area contributed by atoms with E-state index in [2.05, 4.69) is 5.32 Å². The fourth-order valence-electron chi connectivity index (χ4n) is 0.999. The van der Waals surface area contributed by atoms with E-state index in [1.165, 1.54) is 0 Å². The molecular weight excluding hydrogens is 180 g/mol. The second kappa shape index (κ2) is 4.14. The summed E-state index contributed by atoms with van der Waals surface area (Å²) in [7, 11) is 0. The zero-order valence-electron chi connectivity index (χ0n) is 7.45. The summed E-state index contributed by atoms with van der Waals surface area (Å²) in [6.07, 6.45) is 0. The first-order chi connectivity index (χ1) is 6.65. The first-order valence-electron chi connectivity index (χ1n) is 3.96. The summed E-state index contributed by atoms with van der Waals surface area (Å²) in [5.74, 6) is -0.480. The molecule has 0 spiro atoms. The van der Waals surface area contributed by atoms with Crippen LogP contribution in [-0.4, -0.2) is 12.5 Å². The molecule has 0 atom stereocenters. The Morgan fingerprint density at radius 3 is 2.86 bits per heavy atom. The molecule has 0 radical (unpaired) electrons. The highest BCUT2D eigenvalue weighted by Crippen LogP contribution is 2.21. The second-order valence-corrected chi connectivity index (χ2v) is 2.70. The van der Waals surface area contributed by atoms with Crippen molar-refractivity contribution in [3.63, 3.8) is 0 Å². The third kappa shape index (κ3) is 2.14. The Labute approximate surface area is 81.3 Å². The Bertz CT molecular complexity index is 394. The number of para-hydroxylation sites is 1. The van der Waals surface area contributed by atoms with E-state index < -0.39 is 5.91 Å². The minimum absolute atomic E-state index is 0.000911. The smallest absolute Gasteiger partial charge is 0.236 e. The van der Waals surface area contributed by atoms with Crippen LogP contribution in [0.1, 0.15) is 5.56 Å². The maximum Gasteiger partial charge on any atom is 0.236 e. The van der Waals surface area contributed by atoms with Gasteiger partial charge in [0.2, 0.25) is 5.91 Å². The molecule has 1 aromatic carbocycles. The number of amides is 1. The molecule has 5 heteroatoms. The molecule has 0 saturated carbocycles. The lowest BCUT2D eigenvalue weighted by Gasteiger charge is -2.07. The number of nitrogen functional groups attached to an aromatic ring is 1. The van der Waals surface area contributed by atoms with E-state index in [9.17, 15) is 4.79 Å². The molecule has 0 heterocycles. The van der Waals surface area contributed by atoms with Crippen LogP contribution in [-0.2, 0) is 4.79 Å². The Morgan fingerprint density at radius 1 is 1.57 bits per heavy atom. The molecule has 0 fully saturated rings. The number of anilines is 2. The quantitative estimate of drug-likeness (QED) is 0.585. The lowest BCUT2D eigenvalue weighted by atomic mass is 10.1. The monoisotopic (exact) mass is 190 g/mol. The number of benzene rings is 1. The molecular formula is C9H10N4O. The first kappa shape index (κ1) is 9.86. The molecule has 0 aliphatic rings. The fourth-order valence-corrected chi connectivity index (χ4v) is 0.999. The minimum atomic E-state index is -0.480. The lowest BCUT2D eigenvalue weighted by molar-refractivity contribution is -0.116. The Hall–Kier alpha value is -2.22. The van der Waals surface area contributed by atoms with Gasteiger partial charge in [-0.05, 0) is 12.1 Å². The van der Waals surface area contributed by atoms with Gasteiger partial charge in [-0.15, -0.1) is 0 Å². The average molecular weight is 190 g/mol. The van der Waals surface area contributed by atoms with Gasteiger partial charge in [0.25, 0.3) is 0 Å². The standard InChI is InChI=1S/C9H10N4O/c10-4-6-2-1-3-7(9(6)12)13-5-8(11)14/h1-3,13H,5,12H2,(H2,11,14). The molecule has 0 bridgehead atoms. The van der Waals surface area contributed by atoms with Crippen molar-refractivity contribution in [3.8, 4) is 6.07 Å². The summed E-state index contributed by atoms with van der Waals surface area (Å²) >= 11 is 0. The molecule has 14 heavy (non-hydrogen) atoms. The fraction of sp³-hybridized carbons (Fsp3) is 0.111. The number of carbonyl (C=O) groups excluding carboxylic acids is 1. The molecule has 1 rings (SSSR count). The van der Waals surface area contributed by atoms with Gasteiger partial charge in [-0.2, -0.15) is 5.26 Å². The van der Waals surface area contributed by atoms with Gasteiger partial charge in [-0.1, -0.05) is 6.07 Å². The maximum atomic E-state index is 10.5. The number of hydrogen-bond donors (Lipinski definition) is 3. The SMILES string of the molecule is N#Cc1cccc(NCC(N)=O)c1N. The van der Waals surface area contributed by atoms with E-state index >= 15 is 0 Å². The van der Waals surface area contributed by atoms with E-state index in [0.29, 0.717) is 16.9 Å². The first-order valence-corrected chi connectivity index (χ1v) is 3.96. The van der Waals surface area contributed by atoms with Crippen LogP contribution in [0.25, 0.3) is 0 Å². The van der Waals surface area contributed by atoms with E-state index in [0.717, 1.165) is 0 Å². The van der Waals surface area contributed by atoms with Crippen LogP contribution in [0.5, 0.6) is 0 Å². The average Bonchev–Trinajstić information content (AvgIpc) is 2.16. The molecule has 1 amide bonds. The van der Waals surface area contributed by atoms with Gasteiger partial charge < -0.3 is 16.8 Å². The van der Waals surface area contributed by atoms with Crippen LogP contribution in [0.2, 0.25) is 0 Å². The highest BCUT2D eigenvalue weighted by molar-refractivity contribution is 5.81. The van der Waals surface area contributed by atoms with Gasteiger partial charge in [0.05, 0.1) is 23.5 Å². The third-order valence-electron chi connectivity index (χ3n) is 1.68. The van der Waals surface area contributed by atoms with E-state index in [4.69, 9.17) is 16.7 Å². The summed E-state index contributed by atoms with van der Waals surface area (Å²) in [6, 6.07) is 6.90. The third-order valence-corrected chi connectivity index (χ3v) is 1.68. The van der Waals surface area contributed by atoms with Crippen molar-refractivity contribution in [2.24, 2.45) is 5.73 Å². The van der Waals surface area contributed by atoms with Crippen LogP contribution >= 0.6 is 0 Å². The normalized spacial score (nSPS) is 9.07. The highest BCUT2D eigenvalue weighted by atomic mass is 16.1. The molecule has 5 N–H and O–H groups in total. The Balaban J connectivity index is 2.88. The van der Waals surface area contributed by atoms with Crippen molar-refractivity contribution in [2.75, 3.05) is 17.6 Å². The zero-order chi connectivity index (χ0) is 10.6. The molecule has 5 nitrogen and oxygen atoms in total. The second-order valence-electron chi connectivity index (χ2n) is 2.70. The van der Waals surface area contributed by atoms with Crippen LogP contribution in [0.15, 0.2) is 18.2 Å². The number of carbonyl (C=O) groups is 1. The van der Waals surface area contributed by atoms with Crippen LogP contribution in [0, 0.1) is 11.3 Å². The predicted molar refractivity (Wildman–Crippen MR) is 53.3 cm³/mol. The van der Waals surface area contributed by atoms with Gasteiger partial charge >= 0.3 is 0 Å². The predicted octanol–water partition coefficient (Wildman–Crippen LogP) is 0.0377. The molecule has 72 valence electrons. The summed E-state index contributed by atoms with van der Waals surface area (Å²) in [6.45, 7) is -0.000911. The highest BCUT2D eigenvalue weighted by Gasteiger charge is 2.03. The molecule has 0 saturated heterocycles. The number of hydrogen-bond acceptors (Lipinski definition) is 4. The molecule has 0 aliphatic carbocycles. The lowest BCUT2D eigenvalue weighted by Crippen LogP contribution is -2.22. The number of nitrogens with zero attached hydrogens (tertiary/aromatic N) is 1. The van der Waals surface area contributed by atoms with Gasteiger partial charge in [-0.25, -0.2) is 0 Å². The van der Waals surface area contributed by atoms with Crippen molar-refractivity contribution in [1.82, 2.24) is 0 Å². The Kier molecular flexibility index (Phi) is 2.92. The topological polar surface area (TPSA) is 105 Å². The summed E-state index contributed by atoms with van der Waals surface area (Å²) in [5.41, 5.74) is 11.8. The van der Waals surface area contributed by atoms with Crippen LogP contribution in [0.4, 0.5) is 11.4 Å². The summed E-state index contributed by atoms with van der Waals surface area (Å²) < 4.78 is 0. The van der Waals surface area contributed by atoms with Gasteiger partial charge in [0.15, 0.2) is 0 Å². The molecule has 0 aliphatic heterocycles. The van der Waals surface area contributed by atoms with Gasteiger partial charge in [-0.3, -0.25) is 4.79 Å². The van der Waals surface area contributed by atoms with Crippen molar-refractivity contribution in [2.45, 2.75) is 0 Å². The zero-order valence-corrected chi connectivity index (χ0v) is 7.45. The van der Waals surface area contributed by atoms with Crippen molar-refractivity contribution in [3.05, 3.63) is 23.8 Å². The molecule has 1 aromatic rings. The van der Waals surface area contributed by atoms with Gasteiger partial charge in [0, 0.05) is 0 Å². The number of primary amides is 1. The Morgan fingerprint density at radius 2 is 2.29 bits per heavy atom. The van der Waals surface area contributed by atoms with Crippen LogP contribution < -0.4 is 16.8 Å². The van der Waals surface area contributed by atoms with Crippen molar-refractivity contribution < 1.29 is 4.79 Å². The van der Waals surface area contributed by atoms with Gasteiger partial charge in [0.1, 0.15) is 6.07 Å². The summed E-state index contributed by atoms with van der Waals surface area (Å²) in [5, 5.41) is 11.4. The molecule has 0 unspecified atom stereocenters. The largest absolute Gasteiger partial charge is 0.396 e. The minimum Gasteiger partial charge on any atom is -0.396 e. The number of nitrogens with two attached hydrogens (primary N) is 2. The van der Waals surface area contributed by atoms with Crippen molar-refractivity contribution in [1.29, 1.82) is 5.26 Å². The number of nitriles is 1. The molecule has 0 aromatic heterocycles. The van der Waals surface area contributed by atoms with Crippen molar-refractivity contribution >= 4 is 17.3 Å². The maximum absolute atomic E-state index is 10.5. The van der Waals surface area contributed by atoms with E-state index in [-0.39, 0.29) is 6.54 Å². The number of nitrogens with one attached hydrogen (secondary N) is 1. The summed E-state index contributed by atoms with van der Waals surface area (Å²) in [4.78, 5) is 10.5. The van der Waals surface area contributed by atoms with E-state index in [1.807, 2.05) is 6.07 Å². The number of rotatable bonds is 3.